The van der Waals surface area contributed by atoms with Gasteiger partial charge in [0, 0.05) is 6.42 Å². The van der Waals surface area contributed by atoms with E-state index in [0.29, 0.717) is 6.42 Å². The molecule has 2 unspecified atom stereocenters. The molecule has 0 fully saturated rings. The van der Waals surface area contributed by atoms with Crippen LogP contribution < -0.4 is 10.1 Å². The fourth-order valence-corrected chi connectivity index (χ4v) is 2.29. The summed E-state index contributed by atoms with van der Waals surface area (Å²) in [5, 5.41) is 11.8. The highest BCUT2D eigenvalue weighted by molar-refractivity contribution is 5.83. The Labute approximate surface area is 131 Å². The van der Waals surface area contributed by atoms with Gasteiger partial charge in [0.25, 0.3) is 0 Å². The molecule has 2 atom stereocenters. The average molecular weight is 307 g/mol. The minimum absolute atomic E-state index is 0.0106. The van der Waals surface area contributed by atoms with Crippen LogP contribution in [0.4, 0.5) is 0 Å². The van der Waals surface area contributed by atoms with Crippen molar-refractivity contribution in [2.75, 3.05) is 7.11 Å². The van der Waals surface area contributed by atoms with Gasteiger partial charge in [-0.3, -0.25) is 4.79 Å². The van der Waals surface area contributed by atoms with Crippen LogP contribution in [0.1, 0.15) is 45.1 Å². The second kappa shape index (κ2) is 8.41. The number of carboxylic acids is 1. The summed E-state index contributed by atoms with van der Waals surface area (Å²) in [4.78, 5) is 23.3. The zero-order valence-corrected chi connectivity index (χ0v) is 13.6. The van der Waals surface area contributed by atoms with Crippen LogP contribution in [0.3, 0.4) is 0 Å². The van der Waals surface area contributed by atoms with E-state index < -0.39 is 12.0 Å². The van der Waals surface area contributed by atoms with Crippen LogP contribution in [-0.4, -0.2) is 30.1 Å². The molecule has 0 saturated carbocycles. The highest BCUT2D eigenvalue weighted by Crippen LogP contribution is 2.23. The van der Waals surface area contributed by atoms with E-state index in [2.05, 4.69) is 5.32 Å². The number of carboxylic acid groups (broad SMARTS) is 1. The number of ether oxygens (including phenoxy) is 1. The summed E-state index contributed by atoms with van der Waals surface area (Å²) in [5.74, 6) is -0.298. The Hall–Kier alpha value is -2.04. The monoisotopic (exact) mass is 307 g/mol. The van der Waals surface area contributed by atoms with Gasteiger partial charge < -0.3 is 15.2 Å². The van der Waals surface area contributed by atoms with Crippen molar-refractivity contribution < 1.29 is 19.4 Å². The lowest BCUT2D eigenvalue weighted by atomic mass is 9.96. The van der Waals surface area contributed by atoms with Crippen molar-refractivity contribution in [2.45, 2.75) is 45.6 Å². The van der Waals surface area contributed by atoms with Crippen LogP contribution in [0.5, 0.6) is 5.75 Å². The topological polar surface area (TPSA) is 75.6 Å². The molecule has 0 radical (unpaired) electrons. The fourth-order valence-electron chi connectivity index (χ4n) is 2.29. The molecule has 122 valence electrons. The Morgan fingerprint density at radius 1 is 1.27 bits per heavy atom. The van der Waals surface area contributed by atoms with Crippen molar-refractivity contribution in [1.29, 1.82) is 0 Å². The Kier molecular flexibility index (Phi) is 6.89. The zero-order chi connectivity index (χ0) is 16.7. The largest absolute Gasteiger partial charge is 0.497 e. The quantitative estimate of drug-likeness (QED) is 0.774. The SMILES string of the molecule is COc1cccc(C(C)CC(=O)NC(CC(C)C)C(=O)O)c1. The van der Waals surface area contributed by atoms with Crippen LogP contribution in [0.2, 0.25) is 0 Å². The standard InChI is InChI=1S/C17H25NO4/c1-11(2)8-15(17(20)21)18-16(19)9-12(3)13-6-5-7-14(10-13)22-4/h5-7,10-12,15H,8-9H2,1-4H3,(H,18,19)(H,20,21). The third-order valence-electron chi connectivity index (χ3n) is 3.49. The van der Waals surface area contributed by atoms with Crippen LogP contribution in [0.15, 0.2) is 24.3 Å². The summed E-state index contributed by atoms with van der Waals surface area (Å²) in [6.07, 6.45) is 0.670. The maximum atomic E-state index is 12.1. The van der Waals surface area contributed by atoms with Gasteiger partial charge in [0.2, 0.25) is 5.91 Å². The van der Waals surface area contributed by atoms with E-state index in [1.165, 1.54) is 0 Å². The van der Waals surface area contributed by atoms with Crippen molar-refractivity contribution in [3.05, 3.63) is 29.8 Å². The molecule has 0 spiro atoms. The normalized spacial score (nSPS) is 13.5. The number of carbonyl (C=O) groups excluding carboxylic acids is 1. The molecule has 5 nitrogen and oxygen atoms in total. The first kappa shape index (κ1) is 18.0. The predicted molar refractivity (Wildman–Crippen MR) is 85.0 cm³/mol. The Morgan fingerprint density at radius 3 is 2.50 bits per heavy atom. The smallest absolute Gasteiger partial charge is 0.326 e. The fraction of sp³-hybridized carbons (Fsp3) is 0.529. The highest BCUT2D eigenvalue weighted by atomic mass is 16.5. The maximum absolute atomic E-state index is 12.1. The molecular weight excluding hydrogens is 282 g/mol. The molecule has 0 aliphatic rings. The molecule has 0 heterocycles. The molecule has 0 aliphatic carbocycles. The van der Waals surface area contributed by atoms with Crippen molar-refractivity contribution in [2.24, 2.45) is 5.92 Å². The van der Waals surface area contributed by atoms with Crippen LogP contribution >= 0.6 is 0 Å². The average Bonchev–Trinajstić information content (AvgIpc) is 2.45. The highest BCUT2D eigenvalue weighted by Gasteiger charge is 2.22. The van der Waals surface area contributed by atoms with E-state index in [9.17, 15) is 9.59 Å². The van der Waals surface area contributed by atoms with Gasteiger partial charge in [-0.25, -0.2) is 4.79 Å². The first-order valence-electron chi connectivity index (χ1n) is 7.49. The van der Waals surface area contributed by atoms with E-state index in [1.807, 2.05) is 45.0 Å². The molecule has 1 rings (SSSR count). The Bertz CT molecular complexity index is 513. The minimum atomic E-state index is -0.990. The summed E-state index contributed by atoms with van der Waals surface area (Å²) in [6.45, 7) is 5.80. The van der Waals surface area contributed by atoms with Crippen molar-refractivity contribution in [1.82, 2.24) is 5.32 Å². The van der Waals surface area contributed by atoms with E-state index >= 15 is 0 Å². The molecule has 1 aromatic carbocycles. The van der Waals surface area contributed by atoms with Gasteiger partial charge in [-0.05, 0) is 36.0 Å². The molecule has 0 saturated heterocycles. The third-order valence-corrected chi connectivity index (χ3v) is 3.49. The second-order valence-corrected chi connectivity index (χ2v) is 5.97. The number of nitrogens with one attached hydrogen (secondary N) is 1. The van der Waals surface area contributed by atoms with Crippen LogP contribution in [0.25, 0.3) is 0 Å². The second-order valence-electron chi connectivity index (χ2n) is 5.97. The number of rotatable bonds is 8. The van der Waals surface area contributed by atoms with Gasteiger partial charge in [0.05, 0.1) is 7.11 Å². The van der Waals surface area contributed by atoms with E-state index in [-0.39, 0.29) is 24.2 Å². The number of carbonyl (C=O) groups is 2. The van der Waals surface area contributed by atoms with Crippen molar-refractivity contribution in [3.8, 4) is 5.75 Å². The number of aliphatic carboxylic acids is 1. The van der Waals surface area contributed by atoms with E-state index in [1.54, 1.807) is 7.11 Å². The number of hydrogen-bond acceptors (Lipinski definition) is 3. The number of hydrogen-bond donors (Lipinski definition) is 2. The van der Waals surface area contributed by atoms with Gasteiger partial charge in [-0.15, -0.1) is 0 Å². The molecule has 1 aromatic rings. The van der Waals surface area contributed by atoms with Gasteiger partial charge in [-0.2, -0.15) is 0 Å². The lowest BCUT2D eigenvalue weighted by molar-refractivity contribution is -0.142. The van der Waals surface area contributed by atoms with Gasteiger partial charge >= 0.3 is 5.97 Å². The van der Waals surface area contributed by atoms with E-state index in [0.717, 1.165) is 11.3 Å². The summed E-state index contributed by atoms with van der Waals surface area (Å²) < 4.78 is 5.17. The molecule has 0 aromatic heterocycles. The van der Waals surface area contributed by atoms with E-state index in [4.69, 9.17) is 9.84 Å². The molecule has 22 heavy (non-hydrogen) atoms. The Morgan fingerprint density at radius 2 is 1.95 bits per heavy atom. The minimum Gasteiger partial charge on any atom is -0.497 e. The van der Waals surface area contributed by atoms with Gasteiger partial charge in [0.15, 0.2) is 0 Å². The van der Waals surface area contributed by atoms with Crippen LogP contribution in [0, 0.1) is 5.92 Å². The summed E-state index contributed by atoms with van der Waals surface area (Å²) >= 11 is 0. The summed E-state index contributed by atoms with van der Waals surface area (Å²) in [6, 6.07) is 6.72. The molecule has 1 amide bonds. The van der Waals surface area contributed by atoms with Crippen LogP contribution in [-0.2, 0) is 9.59 Å². The summed E-state index contributed by atoms with van der Waals surface area (Å²) in [7, 11) is 1.60. The maximum Gasteiger partial charge on any atom is 0.326 e. The summed E-state index contributed by atoms with van der Waals surface area (Å²) in [5.41, 5.74) is 0.991. The lowest BCUT2D eigenvalue weighted by Gasteiger charge is -2.18. The number of methoxy groups -OCH3 is 1. The Balaban J connectivity index is 2.64. The number of amides is 1. The molecule has 2 N–H and O–H groups in total. The van der Waals surface area contributed by atoms with Crippen molar-refractivity contribution in [3.63, 3.8) is 0 Å². The third kappa shape index (κ3) is 5.76. The molecular formula is C17H25NO4. The van der Waals surface area contributed by atoms with Crippen molar-refractivity contribution >= 4 is 11.9 Å². The first-order valence-corrected chi connectivity index (χ1v) is 7.49. The van der Waals surface area contributed by atoms with Gasteiger partial charge in [-0.1, -0.05) is 32.9 Å². The number of benzene rings is 1. The first-order chi connectivity index (χ1) is 10.3. The molecule has 0 bridgehead atoms. The molecule has 0 aliphatic heterocycles. The lowest BCUT2D eigenvalue weighted by Crippen LogP contribution is -2.41. The molecule has 5 heteroatoms. The zero-order valence-electron chi connectivity index (χ0n) is 13.6. The van der Waals surface area contributed by atoms with Gasteiger partial charge in [0.1, 0.15) is 11.8 Å². The predicted octanol–water partition coefficient (Wildman–Crippen LogP) is 2.80.